The van der Waals surface area contributed by atoms with Gasteiger partial charge in [0.05, 0.1) is 0 Å². The monoisotopic (exact) mass is 254 g/mol. The van der Waals surface area contributed by atoms with Gasteiger partial charge in [-0.1, -0.05) is 6.07 Å². The third kappa shape index (κ3) is 2.70. The van der Waals surface area contributed by atoms with E-state index >= 15 is 0 Å². The van der Waals surface area contributed by atoms with Crippen LogP contribution < -0.4 is 5.73 Å². The first-order valence-electron chi connectivity index (χ1n) is 6.45. The lowest BCUT2D eigenvalue weighted by atomic mass is 9.95. The zero-order valence-electron chi connectivity index (χ0n) is 10.9. The highest BCUT2D eigenvalue weighted by atomic mass is 19.1. The van der Waals surface area contributed by atoms with E-state index in [9.17, 15) is 8.78 Å². The Bertz CT molecular complexity index is 422. The van der Waals surface area contributed by atoms with E-state index in [1.54, 1.807) is 0 Å². The number of hydrogen-bond donors (Lipinski definition) is 1. The van der Waals surface area contributed by atoms with Gasteiger partial charge in [-0.05, 0) is 32.8 Å². The molecule has 2 nitrogen and oxygen atoms in total. The second kappa shape index (κ2) is 5.33. The molecule has 3 unspecified atom stereocenters. The fraction of sp³-hybridized carbons (Fsp3) is 0.571. The zero-order valence-corrected chi connectivity index (χ0v) is 10.9. The molecule has 0 aromatic heterocycles. The molecule has 1 heterocycles. The molecule has 0 aliphatic carbocycles. The van der Waals surface area contributed by atoms with Crippen LogP contribution >= 0.6 is 0 Å². The highest BCUT2D eigenvalue weighted by Crippen LogP contribution is 2.29. The minimum absolute atomic E-state index is 0.0481. The Hall–Kier alpha value is -1.00. The summed E-state index contributed by atoms with van der Waals surface area (Å²) >= 11 is 0. The van der Waals surface area contributed by atoms with Crippen molar-refractivity contribution in [2.45, 2.75) is 44.8 Å². The Morgan fingerprint density at radius 1 is 1.39 bits per heavy atom. The normalized spacial score (nSPS) is 27.2. The van der Waals surface area contributed by atoms with Gasteiger partial charge in [-0.15, -0.1) is 0 Å². The van der Waals surface area contributed by atoms with Crippen molar-refractivity contribution in [1.82, 2.24) is 4.90 Å². The molecule has 1 aliphatic heterocycles. The van der Waals surface area contributed by atoms with Crippen molar-refractivity contribution >= 4 is 0 Å². The summed E-state index contributed by atoms with van der Waals surface area (Å²) in [5, 5.41) is 0. The van der Waals surface area contributed by atoms with Crippen molar-refractivity contribution in [3.05, 3.63) is 35.4 Å². The number of piperidine rings is 1. The van der Waals surface area contributed by atoms with Crippen LogP contribution in [0.1, 0.15) is 38.3 Å². The predicted octanol–water partition coefficient (Wildman–Crippen LogP) is 2.84. The highest BCUT2D eigenvalue weighted by Gasteiger charge is 2.28. The Morgan fingerprint density at radius 3 is 2.72 bits per heavy atom. The second-order valence-electron chi connectivity index (χ2n) is 5.21. The van der Waals surface area contributed by atoms with E-state index in [0.29, 0.717) is 11.6 Å². The van der Waals surface area contributed by atoms with Gasteiger partial charge in [-0.3, -0.25) is 4.90 Å². The van der Waals surface area contributed by atoms with Crippen LogP contribution in [0, 0.1) is 11.6 Å². The number of halogens is 2. The molecule has 1 aromatic carbocycles. The van der Waals surface area contributed by atoms with Crippen LogP contribution in [0.5, 0.6) is 0 Å². The zero-order chi connectivity index (χ0) is 13.3. The van der Waals surface area contributed by atoms with E-state index in [0.717, 1.165) is 25.5 Å². The average Bonchev–Trinajstić information content (AvgIpc) is 2.28. The average molecular weight is 254 g/mol. The summed E-state index contributed by atoms with van der Waals surface area (Å²) in [5.41, 5.74) is 6.48. The number of nitrogens with two attached hydrogens (primary N) is 1. The van der Waals surface area contributed by atoms with Crippen LogP contribution in [0.2, 0.25) is 0 Å². The Balaban J connectivity index is 2.17. The molecule has 3 atom stereocenters. The first kappa shape index (κ1) is 13.4. The third-order valence-electron chi connectivity index (χ3n) is 3.88. The minimum atomic E-state index is -0.530. The molecular formula is C14H20F2N2. The van der Waals surface area contributed by atoms with Crippen LogP contribution in [-0.4, -0.2) is 23.5 Å². The van der Waals surface area contributed by atoms with Crippen molar-refractivity contribution in [2.24, 2.45) is 5.73 Å². The molecule has 0 amide bonds. The van der Waals surface area contributed by atoms with Gasteiger partial charge in [0.25, 0.3) is 0 Å². The van der Waals surface area contributed by atoms with E-state index in [-0.39, 0.29) is 12.1 Å². The number of benzene rings is 1. The van der Waals surface area contributed by atoms with Gasteiger partial charge in [0.2, 0.25) is 0 Å². The Labute approximate surface area is 107 Å². The van der Waals surface area contributed by atoms with Gasteiger partial charge in [0.1, 0.15) is 11.6 Å². The molecule has 1 saturated heterocycles. The summed E-state index contributed by atoms with van der Waals surface area (Å²) in [5.74, 6) is -0.998. The molecule has 2 N–H and O–H groups in total. The third-order valence-corrected chi connectivity index (χ3v) is 3.88. The van der Waals surface area contributed by atoms with E-state index in [4.69, 9.17) is 5.73 Å². The lowest BCUT2D eigenvalue weighted by molar-refractivity contribution is 0.102. The topological polar surface area (TPSA) is 29.3 Å². The summed E-state index contributed by atoms with van der Waals surface area (Å²) < 4.78 is 26.7. The summed E-state index contributed by atoms with van der Waals surface area (Å²) in [6.07, 6.45) is 1.85. The van der Waals surface area contributed by atoms with Crippen LogP contribution in [0.3, 0.4) is 0 Å². The molecule has 0 saturated carbocycles. The molecule has 18 heavy (non-hydrogen) atoms. The van der Waals surface area contributed by atoms with Gasteiger partial charge in [0.15, 0.2) is 0 Å². The fourth-order valence-electron chi connectivity index (χ4n) is 2.82. The summed E-state index contributed by atoms with van der Waals surface area (Å²) in [6.45, 7) is 4.93. The number of hydrogen-bond acceptors (Lipinski definition) is 2. The second-order valence-corrected chi connectivity index (χ2v) is 5.21. The van der Waals surface area contributed by atoms with Crippen molar-refractivity contribution < 1.29 is 8.78 Å². The maximum Gasteiger partial charge on any atom is 0.130 e. The molecule has 0 bridgehead atoms. The molecule has 1 aliphatic rings. The largest absolute Gasteiger partial charge is 0.328 e. The lowest BCUT2D eigenvalue weighted by Gasteiger charge is -2.40. The minimum Gasteiger partial charge on any atom is -0.328 e. The molecule has 1 fully saturated rings. The van der Waals surface area contributed by atoms with Gasteiger partial charge in [-0.25, -0.2) is 8.78 Å². The summed E-state index contributed by atoms with van der Waals surface area (Å²) in [7, 11) is 0. The molecule has 0 spiro atoms. The van der Waals surface area contributed by atoms with E-state index in [2.05, 4.69) is 11.8 Å². The lowest BCUT2D eigenvalue weighted by Crippen LogP contribution is -2.46. The predicted molar refractivity (Wildman–Crippen MR) is 68.2 cm³/mol. The van der Waals surface area contributed by atoms with Crippen molar-refractivity contribution in [2.75, 3.05) is 6.54 Å². The first-order valence-corrected chi connectivity index (χ1v) is 6.45. The summed E-state index contributed by atoms with van der Waals surface area (Å²) in [4.78, 5) is 2.24. The summed E-state index contributed by atoms with van der Waals surface area (Å²) in [6, 6.07) is 4.32. The molecule has 2 rings (SSSR count). The maximum atomic E-state index is 13.8. The van der Waals surface area contributed by atoms with Gasteiger partial charge >= 0.3 is 0 Å². The molecule has 1 aromatic rings. The van der Waals surface area contributed by atoms with Gasteiger partial charge in [0, 0.05) is 36.3 Å². The quantitative estimate of drug-likeness (QED) is 0.879. The Morgan fingerprint density at radius 2 is 2.11 bits per heavy atom. The van der Waals surface area contributed by atoms with Gasteiger partial charge < -0.3 is 5.73 Å². The van der Waals surface area contributed by atoms with Crippen LogP contribution in [-0.2, 0) is 0 Å². The van der Waals surface area contributed by atoms with E-state index in [1.165, 1.54) is 12.1 Å². The van der Waals surface area contributed by atoms with E-state index < -0.39 is 11.6 Å². The number of nitrogens with zero attached hydrogens (tertiary/aromatic N) is 1. The SMILES string of the molecule is CC1CC(N)CCN1C(C)c1ccc(F)cc1F. The standard InChI is InChI=1S/C14H20F2N2/c1-9-7-12(17)5-6-18(9)10(2)13-4-3-11(15)8-14(13)16/h3-4,8-10,12H,5-7,17H2,1-2H3. The first-order chi connectivity index (χ1) is 8.49. The molecule has 4 heteroatoms. The van der Waals surface area contributed by atoms with Crippen LogP contribution in [0.4, 0.5) is 8.78 Å². The van der Waals surface area contributed by atoms with Crippen LogP contribution in [0.25, 0.3) is 0 Å². The highest BCUT2D eigenvalue weighted by molar-refractivity contribution is 5.22. The number of rotatable bonds is 2. The van der Waals surface area contributed by atoms with Crippen molar-refractivity contribution in [1.29, 1.82) is 0 Å². The maximum absolute atomic E-state index is 13.8. The molecule has 0 radical (unpaired) electrons. The fourth-order valence-corrected chi connectivity index (χ4v) is 2.82. The van der Waals surface area contributed by atoms with Gasteiger partial charge in [-0.2, -0.15) is 0 Å². The molecular weight excluding hydrogens is 234 g/mol. The van der Waals surface area contributed by atoms with Crippen molar-refractivity contribution in [3.63, 3.8) is 0 Å². The number of likely N-dealkylation sites (tertiary alicyclic amines) is 1. The Kier molecular flexibility index (Phi) is 3.97. The van der Waals surface area contributed by atoms with Crippen LogP contribution in [0.15, 0.2) is 18.2 Å². The van der Waals surface area contributed by atoms with Crippen molar-refractivity contribution in [3.8, 4) is 0 Å². The van der Waals surface area contributed by atoms with E-state index in [1.807, 2.05) is 6.92 Å². The smallest absolute Gasteiger partial charge is 0.130 e. The molecule has 100 valence electrons.